The second-order valence-corrected chi connectivity index (χ2v) is 12.4. The quantitative estimate of drug-likeness (QED) is 0.405. The van der Waals surface area contributed by atoms with Crippen LogP contribution in [0.4, 0.5) is 5.13 Å². The number of nitrogens with zero attached hydrogens (tertiary/aromatic N) is 2. The van der Waals surface area contributed by atoms with Crippen molar-refractivity contribution in [3.8, 4) is 5.75 Å². The molecule has 1 heterocycles. The number of rotatable bonds is 5. The topological polar surface area (TPSA) is 83.8 Å². The first-order chi connectivity index (χ1) is 16.7. The molecule has 1 aromatic carbocycles. The number of nitrogens with one attached hydrogen (secondary N) is 1. The van der Waals surface area contributed by atoms with Gasteiger partial charge in [-0.25, -0.2) is 4.98 Å². The first-order valence-corrected chi connectivity index (χ1v) is 13.8. The van der Waals surface area contributed by atoms with Crippen LogP contribution in [0.25, 0.3) is 0 Å². The Kier molecular flexibility index (Phi) is 6.79. The molecule has 1 amide bonds. The van der Waals surface area contributed by atoms with Crippen LogP contribution in [0.15, 0.2) is 17.4 Å². The Hall–Kier alpha value is -1.83. The summed E-state index contributed by atoms with van der Waals surface area (Å²) in [4.78, 5) is 23.3. The Labute approximate surface area is 220 Å². The van der Waals surface area contributed by atoms with E-state index in [0.717, 1.165) is 54.7 Å². The normalized spacial score (nSPS) is 30.5. The summed E-state index contributed by atoms with van der Waals surface area (Å²) >= 11 is 14.4. The fraction of sp³-hybridized carbons (Fsp3) is 0.577. The van der Waals surface area contributed by atoms with Gasteiger partial charge in [0.15, 0.2) is 10.9 Å². The van der Waals surface area contributed by atoms with E-state index in [1.165, 1.54) is 16.9 Å². The van der Waals surface area contributed by atoms with Gasteiger partial charge >= 0.3 is 0 Å². The number of halogens is 2. The third-order valence-electron chi connectivity index (χ3n) is 8.58. The van der Waals surface area contributed by atoms with Gasteiger partial charge in [-0.15, -0.1) is 11.3 Å². The molecule has 2 fully saturated rings. The van der Waals surface area contributed by atoms with Gasteiger partial charge in [-0.05, 0) is 86.3 Å². The molecule has 5 rings (SSSR count). The zero-order valence-corrected chi connectivity index (χ0v) is 22.6. The minimum atomic E-state index is -0.0489. The lowest BCUT2D eigenvalue weighted by Crippen LogP contribution is -2.44. The Morgan fingerprint density at radius 3 is 2.91 bits per heavy atom. The monoisotopic (exact) mass is 535 g/mol. The van der Waals surface area contributed by atoms with Crippen LogP contribution in [0.5, 0.6) is 5.75 Å². The van der Waals surface area contributed by atoms with Gasteiger partial charge in [-0.2, -0.15) is 0 Å². The van der Waals surface area contributed by atoms with Crippen molar-refractivity contribution in [1.29, 1.82) is 0 Å². The van der Waals surface area contributed by atoms with Gasteiger partial charge in [0, 0.05) is 22.9 Å². The van der Waals surface area contributed by atoms with Crippen molar-refractivity contribution in [2.75, 3.05) is 12.4 Å². The molecule has 3 aliphatic rings. The zero-order valence-electron chi connectivity index (χ0n) is 20.2. The molecule has 0 saturated heterocycles. The van der Waals surface area contributed by atoms with E-state index in [1.54, 1.807) is 13.3 Å². The summed E-state index contributed by atoms with van der Waals surface area (Å²) < 4.78 is 0. The summed E-state index contributed by atoms with van der Waals surface area (Å²) in [5, 5.41) is 19.1. The third kappa shape index (κ3) is 4.34. The minimum Gasteiger partial charge on any atom is -0.505 e. The number of phenolic OH excluding ortho intramolecular Hbond substituents is 1. The molecule has 35 heavy (non-hydrogen) atoms. The van der Waals surface area contributed by atoms with Gasteiger partial charge in [-0.3, -0.25) is 4.79 Å². The highest BCUT2D eigenvalue weighted by Crippen LogP contribution is 2.63. The number of oxime groups is 1. The minimum absolute atomic E-state index is 0.00794. The number of aryl methyl sites for hydroxylation is 1. The third-order valence-corrected chi connectivity index (χ3v) is 10.1. The number of fused-ring (bicyclic) bond motifs is 5. The van der Waals surface area contributed by atoms with E-state index < -0.39 is 0 Å². The number of phenols is 1. The zero-order chi connectivity index (χ0) is 24.9. The summed E-state index contributed by atoms with van der Waals surface area (Å²) in [6, 6.07) is 1.93. The summed E-state index contributed by atoms with van der Waals surface area (Å²) in [5.74, 6) is 1.51. The lowest BCUT2D eigenvalue weighted by atomic mass is 9.54. The molecular formula is C26H31Cl2N3O3S. The molecule has 5 atom stereocenters. The van der Waals surface area contributed by atoms with E-state index in [9.17, 15) is 9.90 Å². The largest absolute Gasteiger partial charge is 0.505 e. The number of aromatic nitrogens is 1. The van der Waals surface area contributed by atoms with Crippen LogP contribution in [0.2, 0.25) is 10.0 Å². The number of carbonyl (C=O) groups excluding carboxylic acids is 1. The molecule has 2 saturated carbocycles. The molecule has 3 aliphatic carbocycles. The summed E-state index contributed by atoms with van der Waals surface area (Å²) in [6.07, 6.45) is 7.71. The van der Waals surface area contributed by atoms with Crippen molar-refractivity contribution < 1.29 is 14.7 Å². The smallest absolute Gasteiger partial charge is 0.226 e. The predicted molar refractivity (Wildman–Crippen MR) is 141 cm³/mol. The molecule has 188 valence electrons. The summed E-state index contributed by atoms with van der Waals surface area (Å²) in [5.41, 5.74) is 3.30. The summed E-state index contributed by atoms with van der Waals surface area (Å²) in [6.45, 7) is 4.31. The van der Waals surface area contributed by atoms with E-state index in [2.05, 4.69) is 22.4 Å². The lowest BCUT2D eigenvalue weighted by molar-refractivity contribution is -0.116. The van der Waals surface area contributed by atoms with Crippen LogP contribution < -0.4 is 5.32 Å². The van der Waals surface area contributed by atoms with E-state index >= 15 is 0 Å². The number of hydrogen-bond acceptors (Lipinski definition) is 6. The molecule has 0 bridgehead atoms. The molecule has 2 aromatic rings. The maximum atomic E-state index is 12.7. The highest BCUT2D eigenvalue weighted by atomic mass is 35.5. The maximum absolute atomic E-state index is 12.7. The first kappa shape index (κ1) is 24.8. The Morgan fingerprint density at radius 1 is 1.40 bits per heavy atom. The second-order valence-electron chi connectivity index (χ2n) is 10.4. The highest BCUT2D eigenvalue weighted by Gasteiger charge is 2.57. The van der Waals surface area contributed by atoms with Crippen molar-refractivity contribution in [2.24, 2.45) is 28.3 Å². The summed E-state index contributed by atoms with van der Waals surface area (Å²) in [7, 11) is 1.61. The van der Waals surface area contributed by atoms with Crippen LogP contribution in [0.1, 0.15) is 67.4 Å². The number of thiazole rings is 1. The molecule has 0 radical (unpaired) electrons. The molecule has 0 aliphatic heterocycles. The van der Waals surface area contributed by atoms with Gasteiger partial charge < -0.3 is 15.3 Å². The molecule has 1 aromatic heterocycles. The van der Waals surface area contributed by atoms with Crippen LogP contribution in [-0.4, -0.2) is 28.8 Å². The Morgan fingerprint density at radius 2 is 2.20 bits per heavy atom. The number of benzene rings is 1. The number of hydrogen-bond donors (Lipinski definition) is 2. The molecule has 6 nitrogen and oxygen atoms in total. The van der Waals surface area contributed by atoms with Crippen molar-refractivity contribution >= 4 is 51.3 Å². The van der Waals surface area contributed by atoms with Crippen LogP contribution in [0.3, 0.4) is 0 Å². The van der Waals surface area contributed by atoms with E-state index in [0.29, 0.717) is 45.3 Å². The van der Waals surface area contributed by atoms with Gasteiger partial charge in [0.1, 0.15) is 7.11 Å². The average molecular weight is 537 g/mol. The Bertz CT molecular complexity index is 1180. The van der Waals surface area contributed by atoms with Crippen LogP contribution in [0, 0.1) is 30.1 Å². The molecular weight excluding hydrogens is 505 g/mol. The van der Waals surface area contributed by atoms with Crippen LogP contribution in [-0.2, 0) is 16.1 Å². The SMILES string of the molecule is CO/N=C1\C[C@@H](CCC(=O)Nc2ncc(C)s2)C2C3CCc4c(cc(Cl)c(O)c4Cl)C3CC[C@]12C. The number of carbonyl (C=O) groups is 1. The number of aromatic hydroxyl groups is 1. The van der Waals surface area contributed by atoms with Gasteiger partial charge in [0.05, 0.1) is 15.8 Å². The van der Waals surface area contributed by atoms with E-state index in [1.807, 2.05) is 13.0 Å². The van der Waals surface area contributed by atoms with Gasteiger partial charge in [-0.1, -0.05) is 35.3 Å². The maximum Gasteiger partial charge on any atom is 0.226 e. The molecule has 9 heteroatoms. The van der Waals surface area contributed by atoms with Crippen molar-refractivity contribution in [3.05, 3.63) is 38.3 Å². The van der Waals surface area contributed by atoms with E-state index in [-0.39, 0.29) is 17.1 Å². The fourth-order valence-corrected chi connectivity index (χ4v) is 8.39. The lowest BCUT2D eigenvalue weighted by Gasteiger charge is -2.50. The van der Waals surface area contributed by atoms with Crippen molar-refractivity contribution in [2.45, 2.75) is 64.7 Å². The molecule has 2 N–H and O–H groups in total. The van der Waals surface area contributed by atoms with Gasteiger partial charge in [0.2, 0.25) is 5.91 Å². The highest BCUT2D eigenvalue weighted by molar-refractivity contribution is 7.15. The number of anilines is 1. The fourth-order valence-electron chi connectivity index (χ4n) is 7.15. The standard InChI is InChI=1S/C26H31Cl2N3O3S/c1-13-12-29-25(35-13)30-21(32)7-4-14-10-20(31-34-3)26(2)9-8-15-16(22(14)26)5-6-17-18(15)11-19(27)24(33)23(17)28/h11-12,14-16,22,33H,4-10H2,1-3H3,(H,29,30,32)/b31-20+/t14-,15?,16?,22?,26-/m1/s1. The predicted octanol–water partition coefficient (Wildman–Crippen LogP) is 6.97. The van der Waals surface area contributed by atoms with Crippen molar-refractivity contribution in [3.63, 3.8) is 0 Å². The number of amides is 1. The van der Waals surface area contributed by atoms with Gasteiger partial charge in [0.25, 0.3) is 0 Å². The molecule has 3 unspecified atom stereocenters. The van der Waals surface area contributed by atoms with E-state index in [4.69, 9.17) is 28.0 Å². The second kappa shape index (κ2) is 9.56. The Balaban J connectivity index is 1.41. The average Bonchev–Trinajstić information content (AvgIpc) is 3.36. The van der Waals surface area contributed by atoms with Crippen LogP contribution >= 0.6 is 34.5 Å². The van der Waals surface area contributed by atoms with Crippen molar-refractivity contribution in [1.82, 2.24) is 4.98 Å². The first-order valence-electron chi connectivity index (χ1n) is 12.3. The molecule has 0 spiro atoms.